The van der Waals surface area contributed by atoms with Crippen LogP contribution >= 0.6 is 0 Å². The molecule has 0 spiro atoms. The Kier molecular flexibility index (Phi) is 7.59. The van der Waals surface area contributed by atoms with E-state index in [0.717, 1.165) is 0 Å². The van der Waals surface area contributed by atoms with E-state index >= 15 is 0 Å². The maximum atomic E-state index is 12.3. The number of methoxy groups -OCH3 is 2. The lowest BCUT2D eigenvalue weighted by molar-refractivity contribution is -0.139. The van der Waals surface area contributed by atoms with E-state index in [4.69, 9.17) is 23.7 Å². The standard InChI is InChI=1S/C18H24N2O9/c1-5-19-17(23)27-7-9-10(8-28-18(24)20-6-2)14-12(16(22)26-4)11(13(9)29-14)15(21)25-3/h13-14H,5-8H2,1-4H3,(H,19,23)(H,20,24)/t13-,14+. The number of hydrogen-bond acceptors (Lipinski definition) is 9. The molecule has 0 saturated carbocycles. The number of hydrogen-bond donors (Lipinski definition) is 2. The summed E-state index contributed by atoms with van der Waals surface area (Å²) in [6.07, 6.45) is -3.29. The van der Waals surface area contributed by atoms with Crippen LogP contribution in [0.15, 0.2) is 22.3 Å². The third-order valence-electron chi connectivity index (χ3n) is 4.30. The first kappa shape index (κ1) is 22.2. The number of ether oxygens (including phenoxy) is 5. The third-order valence-corrected chi connectivity index (χ3v) is 4.30. The van der Waals surface area contributed by atoms with E-state index in [2.05, 4.69) is 10.6 Å². The molecule has 2 heterocycles. The topological polar surface area (TPSA) is 138 Å². The second kappa shape index (κ2) is 9.92. The van der Waals surface area contributed by atoms with Crippen LogP contribution in [0.5, 0.6) is 0 Å². The average molecular weight is 412 g/mol. The normalized spacial score (nSPS) is 19.7. The predicted molar refractivity (Wildman–Crippen MR) is 96.8 cm³/mol. The largest absolute Gasteiger partial charge is 0.466 e. The van der Waals surface area contributed by atoms with Gasteiger partial charge in [-0.3, -0.25) is 0 Å². The van der Waals surface area contributed by atoms with Crippen molar-refractivity contribution in [2.24, 2.45) is 0 Å². The summed E-state index contributed by atoms with van der Waals surface area (Å²) >= 11 is 0. The first-order valence-corrected chi connectivity index (χ1v) is 8.98. The van der Waals surface area contributed by atoms with Crippen LogP contribution in [0, 0.1) is 0 Å². The van der Waals surface area contributed by atoms with Crippen LogP contribution < -0.4 is 10.6 Å². The van der Waals surface area contributed by atoms with Gasteiger partial charge in [0.1, 0.15) is 25.4 Å². The Balaban J connectivity index is 2.34. The average Bonchev–Trinajstić information content (AvgIpc) is 3.25. The summed E-state index contributed by atoms with van der Waals surface area (Å²) < 4.78 is 25.6. The van der Waals surface area contributed by atoms with Crippen molar-refractivity contribution in [3.63, 3.8) is 0 Å². The van der Waals surface area contributed by atoms with Gasteiger partial charge in [-0.1, -0.05) is 0 Å². The molecule has 2 aliphatic rings. The van der Waals surface area contributed by atoms with Crippen molar-refractivity contribution in [1.82, 2.24) is 10.6 Å². The summed E-state index contributed by atoms with van der Waals surface area (Å²) in [6, 6.07) is 0. The molecule has 2 N–H and O–H groups in total. The number of alkyl carbamates (subject to hydrolysis) is 2. The van der Waals surface area contributed by atoms with E-state index in [1.165, 1.54) is 14.2 Å². The Hall–Kier alpha value is -3.08. The predicted octanol–water partition coefficient (Wildman–Crippen LogP) is 0.199. The fraction of sp³-hybridized carbons (Fsp3) is 0.556. The van der Waals surface area contributed by atoms with Crippen LogP contribution in [-0.4, -0.2) is 76.9 Å². The summed E-state index contributed by atoms with van der Waals surface area (Å²) in [4.78, 5) is 47.9. The summed E-state index contributed by atoms with van der Waals surface area (Å²) in [5.41, 5.74) is 0.749. The van der Waals surface area contributed by atoms with Crippen LogP contribution in [0.4, 0.5) is 9.59 Å². The van der Waals surface area contributed by atoms with Crippen molar-refractivity contribution in [3.05, 3.63) is 22.3 Å². The zero-order valence-electron chi connectivity index (χ0n) is 16.7. The van der Waals surface area contributed by atoms with Crippen molar-refractivity contribution >= 4 is 24.1 Å². The second-order valence-corrected chi connectivity index (χ2v) is 5.97. The van der Waals surface area contributed by atoms with Crippen molar-refractivity contribution < 1.29 is 42.9 Å². The molecule has 0 saturated heterocycles. The fourth-order valence-corrected chi connectivity index (χ4v) is 3.07. The second-order valence-electron chi connectivity index (χ2n) is 5.97. The Morgan fingerprint density at radius 2 is 1.17 bits per heavy atom. The minimum atomic E-state index is -0.983. The Labute approximate surface area is 167 Å². The van der Waals surface area contributed by atoms with E-state index < -0.39 is 36.3 Å². The van der Waals surface area contributed by atoms with Gasteiger partial charge in [0.25, 0.3) is 0 Å². The van der Waals surface area contributed by atoms with Gasteiger partial charge in [-0.25, -0.2) is 19.2 Å². The SMILES string of the molecule is CCNC(=O)OCC1=C(COC(=O)NCC)[C@@H]2O[C@H]1C(C(=O)OC)=C2C(=O)OC. The molecule has 2 aliphatic heterocycles. The van der Waals surface area contributed by atoms with Gasteiger partial charge in [-0.05, 0) is 13.8 Å². The van der Waals surface area contributed by atoms with Gasteiger partial charge in [-0.2, -0.15) is 0 Å². The third kappa shape index (κ3) is 4.67. The highest BCUT2D eigenvalue weighted by Crippen LogP contribution is 2.44. The molecular weight excluding hydrogens is 388 g/mol. The molecule has 0 aromatic carbocycles. The zero-order valence-corrected chi connectivity index (χ0v) is 16.7. The molecule has 2 amide bonds. The van der Waals surface area contributed by atoms with Gasteiger partial charge in [0, 0.05) is 24.2 Å². The minimum absolute atomic E-state index is 0.0272. The van der Waals surface area contributed by atoms with E-state index in [1.54, 1.807) is 13.8 Å². The highest BCUT2D eigenvalue weighted by Gasteiger charge is 2.52. The van der Waals surface area contributed by atoms with Crippen LogP contribution in [0.1, 0.15) is 13.8 Å². The molecule has 29 heavy (non-hydrogen) atoms. The van der Waals surface area contributed by atoms with Crippen molar-refractivity contribution in [1.29, 1.82) is 0 Å². The number of nitrogens with one attached hydrogen (secondary N) is 2. The fourth-order valence-electron chi connectivity index (χ4n) is 3.07. The lowest BCUT2D eigenvalue weighted by Crippen LogP contribution is -2.31. The molecule has 11 heteroatoms. The molecule has 0 fully saturated rings. The van der Waals surface area contributed by atoms with Gasteiger partial charge >= 0.3 is 24.1 Å². The van der Waals surface area contributed by atoms with Crippen molar-refractivity contribution in [3.8, 4) is 0 Å². The van der Waals surface area contributed by atoms with E-state index in [0.29, 0.717) is 24.2 Å². The number of amides is 2. The molecule has 0 aliphatic carbocycles. The number of esters is 2. The van der Waals surface area contributed by atoms with E-state index in [1.807, 2.05) is 0 Å². The van der Waals surface area contributed by atoms with Crippen LogP contribution in [0.2, 0.25) is 0 Å². The monoisotopic (exact) mass is 412 g/mol. The summed E-state index contributed by atoms with van der Waals surface area (Å²) in [7, 11) is 2.34. The molecule has 11 nitrogen and oxygen atoms in total. The van der Waals surface area contributed by atoms with Crippen LogP contribution in [-0.2, 0) is 33.3 Å². The van der Waals surface area contributed by atoms with Gasteiger partial charge < -0.3 is 34.3 Å². The van der Waals surface area contributed by atoms with Gasteiger partial charge in [0.15, 0.2) is 0 Å². The first-order valence-electron chi connectivity index (χ1n) is 8.98. The first-order chi connectivity index (χ1) is 13.9. The van der Waals surface area contributed by atoms with Crippen molar-refractivity contribution in [2.75, 3.05) is 40.5 Å². The summed E-state index contributed by atoms with van der Waals surface area (Å²) in [5.74, 6) is -1.53. The Morgan fingerprint density at radius 3 is 1.48 bits per heavy atom. The molecule has 0 aromatic rings. The lowest BCUT2D eigenvalue weighted by Gasteiger charge is -2.20. The molecule has 0 unspecified atom stereocenters. The molecule has 0 radical (unpaired) electrons. The number of rotatable bonds is 8. The smallest absolute Gasteiger partial charge is 0.407 e. The summed E-state index contributed by atoms with van der Waals surface area (Å²) in [6.45, 7) is 3.74. The van der Waals surface area contributed by atoms with Crippen LogP contribution in [0.25, 0.3) is 0 Å². The number of carbonyl (C=O) groups is 4. The number of fused-ring (bicyclic) bond motifs is 2. The van der Waals surface area contributed by atoms with E-state index in [9.17, 15) is 19.2 Å². The molecule has 2 rings (SSSR count). The maximum absolute atomic E-state index is 12.3. The van der Waals surface area contributed by atoms with Gasteiger partial charge in [-0.15, -0.1) is 0 Å². The molecule has 2 bridgehead atoms. The van der Waals surface area contributed by atoms with Gasteiger partial charge in [0.05, 0.1) is 25.4 Å². The molecule has 160 valence electrons. The molecular formula is C18H24N2O9. The van der Waals surface area contributed by atoms with Crippen LogP contribution in [0.3, 0.4) is 0 Å². The highest BCUT2D eigenvalue weighted by atomic mass is 16.6. The Morgan fingerprint density at radius 1 is 0.793 bits per heavy atom. The summed E-state index contributed by atoms with van der Waals surface area (Å²) in [5, 5.41) is 4.96. The van der Waals surface area contributed by atoms with Gasteiger partial charge in [0.2, 0.25) is 0 Å². The quantitative estimate of drug-likeness (QED) is 0.325. The Bertz CT molecular complexity index is 696. The maximum Gasteiger partial charge on any atom is 0.407 e. The zero-order chi connectivity index (χ0) is 21.6. The molecule has 0 aromatic heterocycles. The van der Waals surface area contributed by atoms with E-state index in [-0.39, 0.29) is 24.4 Å². The minimum Gasteiger partial charge on any atom is -0.466 e. The number of carbonyl (C=O) groups excluding carboxylic acids is 4. The van der Waals surface area contributed by atoms with Crippen molar-refractivity contribution in [2.45, 2.75) is 26.1 Å². The highest BCUT2D eigenvalue weighted by molar-refractivity contribution is 6.04. The lowest BCUT2D eigenvalue weighted by atomic mass is 9.86. The molecule has 2 atom stereocenters.